The molecule has 0 atom stereocenters. The van der Waals surface area contributed by atoms with E-state index in [2.05, 4.69) is 9.97 Å². The predicted octanol–water partition coefficient (Wildman–Crippen LogP) is 3.61. The van der Waals surface area contributed by atoms with E-state index in [-0.39, 0.29) is 42.2 Å². The van der Waals surface area contributed by atoms with Gasteiger partial charge in [-0.25, -0.2) is 18.7 Å². The number of pyridine rings is 1. The normalized spacial score (nSPS) is 11.1. The third-order valence-corrected chi connectivity index (χ3v) is 4.56. The van der Waals surface area contributed by atoms with Crippen LogP contribution in [0.15, 0.2) is 58.0 Å². The average molecular weight is 425 g/mol. The molecule has 0 radical (unpaired) electrons. The number of benzene rings is 1. The van der Waals surface area contributed by atoms with Crippen LogP contribution < -0.4 is 5.56 Å². The molecule has 0 aliphatic rings. The fourth-order valence-electron chi connectivity index (χ4n) is 3.04. The number of aromatic nitrogens is 3. The van der Waals surface area contributed by atoms with Gasteiger partial charge in [0, 0.05) is 18.7 Å². The van der Waals surface area contributed by atoms with Crippen molar-refractivity contribution in [2.24, 2.45) is 0 Å². The Labute approximate surface area is 175 Å². The molecule has 0 fully saturated rings. The molecular formula is C22H17F2N3O4. The molecule has 4 rings (SSSR count). The highest BCUT2D eigenvalue weighted by molar-refractivity contribution is 5.69. The summed E-state index contributed by atoms with van der Waals surface area (Å²) in [4.78, 5) is 32.5. The van der Waals surface area contributed by atoms with Gasteiger partial charge >= 0.3 is 5.97 Å². The molecule has 0 bridgehead atoms. The number of hydrogen-bond acceptors (Lipinski definition) is 6. The Morgan fingerprint density at radius 3 is 2.74 bits per heavy atom. The first-order valence-electron chi connectivity index (χ1n) is 9.44. The van der Waals surface area contributed by atoms with Gasteiger partial charge in [0.25, 0.3) is 5.56 Å². The van der Waals surface area contributed by atoms with Crippen LogP contribution in [-0.4, -0.2) is 20.3 Å². The van der Waals surface area contributed by atoms with Crippen molar-refractivity contribution in [3.05, 3.63) is 87.9 Å². The van der Waals surface area contributed by atoms with Crippen molar-refractivity contribution in [3.8, 4) is 11.3 Å². The molecule has 0 saturated heterocycles. The molecule has 1 aromatic carbocycles. The Balaban J connectivity index is 1.37. The number of ether oxygens (including phenoxy) is 1. The summed E-state index contributed by atoms with van der Waals surface area (Å²) in [5.74, 6) is -2.00. The van der Waals surface area contributed by atoms with Crippen molar-refractivity contribution in [3.63, 3.8) is 0 Å². The van der Waals surface area contributed by atoms with Crippen molar-refractivity contribution >= 4 is 11.6 Å². The highest BCUT2D eigenvalue weighted by Gasteiger charge is 2.16. The molecule has 3 aromatic heterocycles. The fourth-order valence-corrected chi connectivity index (χ4v) is 3.04. The maximum atomic E-state index is 13.8. The third kappa shape index (κ3) is 4.50. The zero-order chi connectivity index (χ0) is 22.0. The number of carbonyl (C=O) groups is 1. The van der Waals surface area contributed by atoms with E-state index in [1.54, 1.807) is 18.3 Å². The number of fused-ring (bicyclic) bond motifs is 1. The van der Waals surface area contributed by atoms with Gasteiger partial charge in [-0.1, -0.05) is 6.07 Å². The molecular weight excluding hydrogens is 408 g/mol. The van der Waals surface area contributed by atoms with Crippen molar-refractivity contribution in [2.45, 2.75) is 26.4 Å². The Bertz CT molecular complexity index is 1310. The van der Waals surface area contributed by atoms with E-state index in [4.69, 9.17) is 9.15 Å². The van der Waals surface area contributed by atoms with Gasteiger partial charge < -0.3 is 9.15 Å². The Kier molecular flexibility index (Phi) is 5.57. The monoisotopic (exact) mass is 425 g/mol. The summed E-state index contributed by atoms with van der Waals surface area (Å²) in [6, 6.07) is 8.34. The largest absolute Gasteiger partial charge is 0.459 e. The first kappa shape index (κ1) is 20.4. The summed E-state index contributed by atoms with van der Waals surface area (Å²) < 4.78 is 39.6. The molecule has 0 amide bonds. The number of nitrogens with zero attached hydrogens (tertiary/aromatic N) is 3. The smallest absolute Gasteiger partial charge is 0.306 e. The minimum Gasteiger partial charge on any atom is -0.459 e. The van der Waals surface area contributed by atoms with Crippen LogP contribution in [-0.2, 0) is 22.6 Å². The molecule has 4 aromatic rings. The van der Waals surface area contributed by atoms with Crippen molar-refractivity contribution in [2.75, 3.05) is 0 Å². The van der Waals surface area contributed by atoms with E-state index < -0.39 is 17.6 Å². The number of aryl methyl sites for hydroxylation is 2. The van der Waals surface area contributed by atoms with E-state index in [9.17, 15) is 18.4 Å². The summed E-state index contributed by atoms with van der Waals surface area (Å²) in [6.07, 6.45) is 2.86. The van der Waals surface area contributed by atoms with Gasteiger partial charge in [0.1, 0.15) is 23.9 Å². The second-order valence-corrected chi connectivity index (χ2v) is 6.89. The first-order valence-corrected chi connectivity index (χ1v) is 9.44. The second kappa shape index (κ2) is 8.47. The molecule has 0 aliphatic carbocycles. The van der Waals surface area contributed by atoms with Crippen LogP contribution in [0.25, 0.3) is 17.0 Å². The van der Waals surface area contributed by atoms with E-state index in [0.29, 0.717) is 11.3 Å². The van der Waals surface area contributed by atoms with Crippen LogP contribution in [0, 0.1) is 18.6 Å². The molecule has 0 N–H and O–H groups in total. The number of hydrogen-bond donors (Lipinski definition) is 0. The predicted molar refractivity (Wildman–Crippen MR) is 106 cm³/mol. The number of oxazole rings is 1. The van der Waals surface area contributed by atoms with Gasteiger partial charge in [-0.2, -0.15) is 0 Å². The Hall–Kier alpha value is -3.88. The van der Waals surface area contributed by atoms with E-state index in [0.717, 1.165) is 17.7 Å². The molecule has 0 spiro atoms. The Morgan fingerprint density at radius 2 is 1.97 bits per heavy atom. The third-order valence-electron chi connectivity index (χ3n) is 4.56. The van der Waals surface area contributed by atoms with Crippen LogP contribution in [0.4, 0.5) is 8.78 Å². The van der Waals surface area contributed by atoms with Gasteiger partial charge in [-0.15, -0.1) is 0 Å². The number of halogens is 2. The zero-order valence-corrected chi connectivity index (χ0v) is 16.5. The molecule has 0 aliphatic heterocycles. The number of rotatable bonds is 6. The van der Waals surface area contributed by atoms with Crippen molar-refractivity contribution < 1.29 is 22.7 Å². The highest BCUT2D eigenvalue weighted by Crippen LogP contribution is 2.26. The minimum atomic E-state index is -0.768. The average Bonchev–Trinajstić information content (AvgIpc) is 3.19. The Morgan fingerprint density at radius 1 is 1.19 bits per heavy atom. The lowest BCUT2D eigenvalue weighted by molar-refractivity contribution is -0.145. The second-order valence-electron chi connectivity index (χ2n) is 6.89. The van der Waals surface area contributed by atoms with Crippen LogP contribution >= 0.6 is 0 Å². The van der Waals surface area contributed by atoms with Crippen LogP contribution in [0.2, 0.25) is 0 Å². The standard InChI is InChI=1S/C22H17F2N3O4/c1-13-7-8-27-18(9-13)26-14(10-20(27)28)12-30-21(29)6-5-19-25-11-17(31-19)22-15(23)3-2-4-16(22)24/h2-4,7-11H,5-6,12H2,1H3. The lowest BCUT2D eigenvalue weighted by Gasteiger charge is -2.06. The molecule has 9 heteroatoms. The van der Waals surface area contributed by atoms with Gasteiger partial charge in [0.15, 0.2) is 11.7 Å². The molecule has 0 saturated carbocycles. The van der Waals surface area contributed by atoms with Gasteiger partial charge in [0.05, 0.1) is 23.9 Å². The van der Waals surface area contributed by atoms with Crippen LogP contribution in [0.3, 0.4) is 0 Å². The summed E-state index contributed by atoms with van der Waals surface area (Å²) in [5.41, 5.74) is 1.15. The summed E-state index contributed by atoms with van der Waals surface area (Å²) in [7, 11) is 0. The van der Waals surface area contributed by atoms with E-state index in [1.807, 2.05) is 6.92 Å². The zero-order valence-electron chi connectivity index (χ0n) is 16.5. The van der Waals surface area contributed by atoms with Crippen LogP contribution in [0.1, 0.15) is 23.6 Å². The van der Waals surface area contributed by atoms with E-state index in [1.165, 1.54) is 22.7 Å². The van der Waals surface area contributed by atoms with Gasteiger partial charge in [-0.3, -0.25) is 14.0 Å². The molecule has 3 heterocycles. The lowest BCUT2D eigenvalue weighted by atomic mass is 10.1. The molecule has 158 valence electrons. The maximum absolute atomic E-state index is 13.8. The highest BCUT2D eigenvalue weighted by atomic mass is 19.1. The fraction of sp³-hybridized carbons (Fsp3) is 0.182. The van der Waals surface area contributed by atoms with Crippen LogP contribution in [0.5, 0.6) is 0 Å². The van der Waals surface area contributed by atoms with E-state index >= 15 is 0 Å². The molecule has 0 unspecified atom stereocenters. The summed E-state index contributed by atoms with van der Waals surface area (Å²) in [6.45, 7) is 1.73. The van der Waals surface area contributed by atoms with Gasteiger partial charge in [0.2, 0.25) is 0 Å². The minimum absolute atomic E-state index is 0.0601. The quantitative estimate of drug-likeness (QED) is 0.439. The number of carbonyl (C=O) groups excluding carboxylic acids is 1. The van der Waals surface area contributed by atoms with Gasteiger partial charge in [-0.05, 0) is 36.8 Å². The molecule has 31 heavy (non-hydrogen) atoms. The first-order chi connectivity index (χ1) is 14.9. The summed E-state index contributed by atoms with van der Waals surface area (Å²) >= 11 is 0. The maximum Gasteiger partial charge on any atom is 0.306 e. The van der Waals surface area contributed by atoms with Crippen molar-refractivity contribution in [1.82, 2.24) is 14.4 Å². The number of esters is 1. The van der Waals surface area contributed by atoms with Crippen molar-refractivity contribution in [1.29, 1.82) is 0 Å². The molecule has 7 nitrogen and oxygen atoms in total. The SMILES string of the molecule is Cc1ccn2c(=O)cc(COC(=O)CCc3ncc(-c4c(F)cccc4F)o3)nc2c1. The summed E-state index contributed by atoms with van der Waals surface area (Å²) in [5, 5.41) is 0. The lowest BCUT2D eigenvalue weighted by Crippen LogP contribution is -2.16. The topological polar surface area (TPSA) is 86.7 Å².